The van der Waals surface area contributed by atoms with Gasteiger partial charge in [0.1, 0.15) is 11.2 Å². The van der Waals surface area contributed by atoms with Crippen molar-refractivity contribution in [1.29, 1.82) is 0 Å². The Morgan fingerprint density at radius 2 is 0.731 bits per heavy atom. The second-order valence-corrected chi connectivity index (χ2v) is 21.2. The molecule has 3 heteroatoms. The number of fused-ring (bicyclic) bond motifs is 9. The third-order valence-corrected chi connectivity index (χ3v) is 16.4. The summed E-state index contributed by atoms with van der Waals surface area (Å²) in [6.07, 6.45) is 0. The summed E-state index contributed by atoms with van der Waals surface area (Å²) in [5.74, 6) is 0. The zero-order valence-electron chi connectivity index (χ0n) is 43.4. The molecule has 2 heterocycles. The van der Waals surface area contributed by atoms with Crippen LogP contribution in [-0.4, -0.2) is 4.57 Å². The molecule has 0 fully saturated rings. The molecule has 2 aromatic heterocycles. The molecule has 0 radical (unpaired) electrons. The second kappa shape index (κ2) is 18.1. The molecule has 0 atom stereocenters. The second-order valence-electron chi connectivity index (χ2n) is 21.2. The summed E-state index contributed by atoms with van der Waals surface area (Å²) in [7, 11) is 0. The fourth-order valence-electron chi connectivity index (χ4n) is 12.5. The SMILES string of the molecule is CC1(C)c2cc(-c3cccc4c3oc3c(-c5ccc(-c6ccc7c(c6)c6ccccc6n7-c6ccccc6)cc5)cccc34)ccc2-c2ccc(N(c3ccc(-c4ccccc4)cc3)c3ccc(-c4ccccc4)cc3)cc21. The van der Waals surface area contributed by atoms with Crippen LogP contribution in [0.4, 0.5) is 17.1 Å². The Hall–Kier alpha value is -9.96. The molecule has 0 unspecified atom stereocenters. The summed E-state index contributed by atoms with van der Waals surface area (Å²) in [5, 5.41) is 4.73. The molecule has 1 aliphatic rings. The summed E-state index contributed by atoms with van der Waals surface area (Å²) in [6, 6.07) is 102. The highest BCUT2D eigenvalue weighted by Crippen LogP contribution is 2.52. The lowest BCUT2D eigenvalue weighted by Crippen LogP contribution is -2.16. The van der Waals surface area contributed by atoms with Gasteiger partial charge in [0.15, 0.2) is 0 Å². The predicted octanol–water partition coefficient (Wildman–Crippen LogP) is 20.8. The normalized spacial score (nSPS) is 12.6. The van der Waals surface area contributed by atoms with Crippen LogP contribution in [0.2, 0.25) is 0 Å². The van der Waals surface area contributed by atoms with Gasteiger partial charge in [-0.05, 0) is 140 Å². The summed E-state index contributed by atoms with van der Waals surface area (Å²) in [4.78, 5) is 2.40. The number of hydrogen-bond donors (Lipinski definition) is 0. The maximum atomic E-state index is 7.08. The van der Waals surface area contributed by atoms with Crippen molar-refractivity contribution in [2.24, 2.45) is 0 Å². The van der Waals surface area contributed by atoms with Crippen LogP contribution in [0.15, 0.2) is 283 Å². The fraction of sp³-hybridized carbons (Fsp3) is 0.0400. The van der Waals surface area contributed by atoms with Crippen molar-refractivity contribution in [1.82, 2.24) is 4.57 Å². The number of benzene rings is 12. The zero-order valence-corrected chi connectivity index (χ0v) is 43.4. The van der Waals surface area contributed by atoms with Gasteiger partial charge in [-0.25, -0.2) is 0 Å². The van der Waals surface area contributed by atoms with E-state index >= 15 is 0 Å². The van der Waals surface area contributed by atoms with Crippen LogP contribution in [0, 0.1) is 0 Å². The average Bonchev–Trinajstić information content (AvgIpc) is 4.33. The molecule has 0 bridgehead atoms. The van der Waals surface area contributed by atoms with Crippen LogP contribution in [0.3, 0.4) is 0 Å². The van der Waals surface area contributed by atoms with Crippen molar-refractivity contribution < 1.29 is 4.42 Å². The third-order valence-electron chi connectivity index (χ3n) is 16.4. The molecular formula is C75H52N2O. The van der Waals surface area contributed by atoms with Gasteiger partial charge >= 0.3 is 0 Å². The van der Waals surface area contributed by atoms with E-state index in [4.69, 9.17) is 4.42 Å². The highest BCUT2D eigenvalue weighted by Gasteiger charge is 2.37. The molecule has 14 aromatic rings. The lowest BCUT2D eigenvalue weighted by Gasteiger charge is -2.28. The largest absolute Gasteiger partial charge is 0.455 e. The lowest BCUT2D eigenvalue weighted by molar-refractivity contribution is 0.660. The summed E-state index contributed by atoms with van der Waals surface area (Å²) in [6.45, 7) is 4.75. The Balaban J connectivity index is 0.761. The molecule has 78 heavy (non-hydrogen) atoms. The van der Waals surface area contributed by atoms with Crippen LogP contribution in [0.1, 0.15) is 25.0 Å². The molecule has 3 nitrogen and oxygen atoms in total. The van der Waals surface area contributed by atoms with Crippen molar-refractivity contribution in [3.05, 3.63) is 290 Å². The lowest BCUT2D eigenvalue weighted by atomic mass is 9.81. The van der Waals surface area contributed by atoms with Crippen molar-refractivity contribution in [3.8, 4) is 72.4 Å². The van der Waals surface area contributed by atoms with E-state index in [1.54, 1.807) is 0 Å². The van der Waals surface area contributed by atoms with Crippen LogP contribution in [-0.2, 0) is 5.41 Å². The number of anilines is 3. The van der Waals surface area contributed by atoms with E-state index in [-0.39, 0.29) is 5.41 Å². The smallest absolute Gasteiger partial charge is 0.143 e. The fourth-order valence-corrected chi connectivity index (χ4v) is 12.5. The summed E-state index contributed by atoms with van der Waals surface area (Å²) < 4.78 is 9.45. The highest BCUT2D eigenvalue weighted by molar-refractivity contribution is 6.14. The van der Waals surface area contributed by atoms with Gasteiger partial charge < -0.3 is 13.9 Å². The standard InChI is InChI=1S/C75H52N2O/c1-75(2)69-47-56(36-43-63(69)64-44-42-60(48-70(64)75)76(58-38-32-51(33-39-58)49-16-6-3-7-17-49)59-40-34-52(35-41-59)50-18-8-4-9-19-50)62-24-15-26-67-66-25-14-23-61(73(66)78-74(62)67)54-30-28-53(29-31-54)55-37-45-72-68(46-55)65-22-12-13-27-71(65)77(72)57-20-10-5-11-21-57/h3-48H,1-2H3. The molecule has 0 N–H and O–H groups in total. The predicted molar refractivity (Wildman–Crippen MR) is 327 cm³/mol. The Kier molecular flexibility index (Phi) is 10.6. The van der Waals surface area contributed by atoms with E-state index < -0.39 is 0 Å². The van der Waals surface area contributed by atoms with Crippen molar-refractivity contribution in [2.75, 3.05) is 4.90 Å². The average molecular weight is 997 g/mol. The molecule has 0 amide bonds. The van der Waals surface area contributed by atoms with Crippen LogP contribution >= 0.6 is 0 Å². The van der Waals surface area contributed by atoms with Gasteiger partial charge in [-0.3, -0.25) is 0 Å². The quantitative estimate of drug-likeness (QED) is 0.144. The molecule has 12 aromatic carbocycles. The highest BCUT2D eigenvalue weighted by atomic mass is 16.3. The first-order valence-electron chi connectivity index (χ1n) is 27.0. The minimum Gasteiger partial charge on any atom is -0.455 e. The zero-order chi connectivity index (χ0) is 51.9. The van der Waals surface area contributed by atoms with Crippen LogP contribution < -0.4 is 4.90 Å². The van der Waals surface area contributed by atoms with E-state index in [1.807, 2.05) is 0 Å². The van der Waals surface area contributed by atoms with E-state index in [2.05, 4.69) is 302 Å². The van der Waals surface area contributed by atoms with Gasteiger partial charge in [0.05, 0.1) is 11.0 Å². The topological polar surface area (TPSA) is 21.3 Å². The molecule has 0 aliphatic heterocycles. The number of furan rings is 1. The molecular weight excluding hydrogens is 945 g/mol. The van der Waals surface area contributed by atoms with E-state index in [1.165, 1.54) is 77.4 Å². The molecule has 0 saturated carbocycles. The van der Waals surface area contributed by atoms with Crippen molar-refractivity contribution >= 4 is 60.8 Å². The van der Waals surface area contributed by atoms with E-state index in [9.17, 15) is 0 Å². The van der Waals surface area contributed by atoms with Crippen molar-refractivity contribution in [3.63, 3.8) is 0 Å². The maximum Gasteiger partial charge on any atom is 0.143 e. The Labute approximate surface area is 454 Å². The number of hydrogen-bond acceptors (Lipinski definition) is 2. The number of rotatable bonds is 9. The molecule has 0 spiro atoms. The van der Waals surface area contributed by atoms with Gasteiger partial charge in [0.25, 0.3) is 0 Å². The number of nitrogens with zero attached hydrogens (tertiary/aromatic N) is 2. The molecule has 0 saturated heterocycles. The van der Waals surface area contributed by atoms with Gasteiger partial charge in [0, 0.05) is 60.8 Å². The Morgan fingerprint density at radius 1 is 0.295 bits per heavy atom. The van der Waals surface area contributed by atoms with Crippen molar-refractivity contribution in [2.45, 2.75) is 19.3 Å². The summed E-state index contributed by atoms with van der Waals surface area (Å²) in [5.41, 5.74) is 25.2. The molecule has 1 aliphatic carbocycles. The first-order chi connectivity index (χ1) is 38.4. The van der Waals surface area contributed by atoms with Gasteiger partial charge in [-0.2, -0.15) is 0 Å². The van der Waals surface area contributed by atoms with Gasteiger partial charge in [0.2, 0.25) is 0 Å². The maximum absolute atomic E-state index is 7.08. The number of para-hydroxylation sites is 4. The number of aromatic nitrogens is 1. The molecule has 15 rings (SSSR count). The van der Waals surface area contributed by atoms with E-state index in [0.717, 1.165) is 66.9 Å². The van der Waals surface area contributed by atoms with Gasteiger partial charge in [-0.15, -0.1) is 0 Å². The molecule has 368 valence electrons. The van der Waals surface area contributed by atoms with E-state index in [0.29, 0.717) is 0 Å². The Morgan fingerprint density at radius 3 is 1.36 bits per heavy atom. The van der Waals surface area contributed by atoms with Gasteiger partial charge in [-0.1, -0.05) is 220 Å². The minimum absolute atomic E-state index is 0.273. The first kappa shape index (κ1) is 45.4. The first-order valence-corrected chi connectivity index (χ1v) is 27.0. The monoisotopic (exact) mass is 996 g/mol. The Bertz CT molecular complexity index is 4500. The minimum atomic E-state index is -0.273. The van der Waals surface area contributed by atoms with Crippen LogP contribution in [0.5, 0.6) is 0 Å². The third kappa shape index (κ3) is 7.42. The van der Waals surface area contributed by atoms with Crippen LogP contribution in [0.25, 0.3) is 116 Å². The summed E-state index contributed by atoms with van der Waals surface area (Å²) >= 11 is 0.